The number of hydrogen-bond acceptors (Lipinski definition) is 3. The standard InChI is InChI=1S/C14H24O3/c1-5-10(3)14(16)17-13-8-9(2)6-7-12(13)11(4)15/h9-10,12-13H,5-8H2,1-4H3/t9-,10?,12+,13-/m1/s1. The van der Waals surface area contributed by atoms with Crippen molar-refractivity contribution in [1.29, 1.82) is 0 Å². The summed E-state index contributed by atoms with van der Waals surface area (Å²) < 4.78 is 5.53. The van der Waals surface area contributed by atoms with Gasteiger partial charge in [0, 0.05) is 0 Å². The van der Waals surface area contributed by atoms with Gasteiger partial charge in [-0.05, 0) is 38.5 Å². The molecule has 0 aliphatic heterocycles. The number of carbonyl (C=O) groups is 2. The first-order valence-corrected chi connectivity index (χ1v) is 6.66. The molecule has 1 rings (SSSR count). The van der Waals surface area contributed by atoms with Crippen molar-refractivity contribution < 1.29 is 14.3 Å². The van der Waals surface area contributed by atoms with Gasteiger partial charge in [0.1, 0.15) is 11.9 Å². The molecular weight excluding hydrogens is 216 g/mol. The molecule has 17 heavy (non-hydrogen) atoms. The lowest BCUT2D eigenvalue weighted by Crippen LogP contribution is -2.37. The first kappa shape index (κ1) is 14.2. The Kier molecular flexibility index (Phi) is 5.16. The van der Waals surface area contributed by atoms with Gasteiger partial charge in [0.15, 0.2) is 0 Å². The average molecular weight is 240 g/mol. The van der Waals surface area contributed by atoms with E-state index in [1.807, 2.05) is 13.8 Å². The molecule has 0 heterocycles. The third kappa shape index (κ3) is 3.83. The summed E-state index contributed by atoms with van der Waals surface area (Å²) in [5, 5.41) is 0. The van der Waals surface area contributed by atoms with Crippen molar-refractivity contribution in [1.82, 2.24) is 0 Å². The van der Waals surface area contributed by atoms with Gasteiger partial charge >= 0.3 is 5.97 Å². The first-order chi connectivity index (χ1) is 7.95. The van der Waals surface area contributed by atoms with E-state index in [0.717, 1.165) is 25.7 Å². The Morgan fingerprint density at radius 2 is 2.00 bits per heavy atom. The molecule has 3 nitrogen and oxygen atoms in total. The van der Waals surface area contributed by atoms with E-state index in [0.29, 0.717) is 5.92 Å². The molecule has 1 saturated carbocycles. The van der Waals surface area contributed by atoms with E-state index in [1.54, 1.807) is 6.92 Å². The molecule has 0 aromatic heterocycles. The van der Waals surface area contributed by atoms with Gasteiger partial charge in [-0.3, -0.25) is 9.59 Å². The van der Waals surface area contributed by atoms with Crippen molar-refractivity contribution in [3.63, 3.8) is 0 Å². The molecule has 0 amide bonds. The second-order valence-corrected chi connectivity index (χ2v) is 5.42. The maximum atomic E-state index is 11.8. The van der Waals surface area contributed by atoms with Crippen LogP contribution in [0.15, 0.2) is 0 Å². The molecule has 0 radical (unpaired) electrons. The van der Waals surface area contributed by atoms with Crippen LogP contribution in [0.5, 0.6) is 0 Å². The second kappa shape index (κ2) is 6.18. The summed E-state index contributed by atoms with van der Waals surface area (Å²) in [7, 11) is 0. The number of Topliss-reactive ketones (excluding diaryl/α,β-unsaturated/α-hetero) is 1. The number of esters is 1. The minimum atomic E-state index is -0.197. The van der Waals surface area contributed by atoms with Gasteiger partial charge in [0.05, 0.1) is 11.8 Å². The highest BCUT2D eigenvalue weighted by Crippen LogP contribution is 2.32. The van der Waals surface area contributed by atoms with Gasteiger partial charge in [-0.1, -0.05) is 20.8 Å². The predicted octanol–water partition coefficient (Wildman–Crippen LogP) is 2.97. The molecule has 0 bridgehead atoms. The zero-order valence-corrected chi connectivity index (χ0v) is 11.4. The number of ether oxygens (including phenoxy) is 1. The highest BCUT2D eigenvalue weighted by molar-refractivity contribution is 5.80. The summed E-state index contributed by atoms with van der Waals surface area (Å²) in [4.78, 5) is 23.3. The molecule has 0 saturated heterocycles. The summed E-state index contributed by atoms with van der Waals surface area (Å²) in [5.41, 5.74) is 0. The third-order valence-corrected chi connectivity index (χ3v) is 3.86. The molecule has 98 valence electrons. The Hall–Kier alpha value is -0.860. The van der Waals surface area contributed by atoms with Crippen LogP contribution in [0.25, 0.3) is 0 Å². The Bertz CT molecular complexity index is 285. The summed E-state index contributed by atoms with van der Waals surface area (Å²) in [6.45, 7) is 7.60. The fraction of sp³-hybridized carbons (Fsp3) is 0.857. The van der Waals surface area contributed by atoms with Gasteiger partial charge < -0.3 is 4.74 Å². The molecular formula is C14H24O3. The molecule has 4 atom stereocenters. The maximum Gasteiger partial charge on any atom is 0.308 e. The fourth-order valence-corrected chi connectivity index (χ4v) is 2.36. The monoisotopic (exact) mass is 240 g/mol. The lowest BCUT2D eigenvalue weighted by molar-refractivity contribution is -0.160. The van der Waals surface area contributed by atoms with Crippen molar-refractivity contribution in [3.05, 3.63) is 0 Å². The van der Waals surface area contributed by atoms with Crippen LogP contribution in [0, 0.1) is 17.8 Å². The zero-order chi connectivity index (χ0) is 13.0. The van der Waals surface area contributed by atoms with Crippen molar-refractivity contribution in [2.24, 2.45) is 17.8 Å². The fourth-order valence-electron chi connectivity index (χ4n) is 2.36. The molecule has 0 aromatic carbocycles. The number of hydrogen-bond donors (Lipinski definition) is 0. The van der Waals surface area contributed by atoms with Crippen LogP contribution in [0.1, 0.15) is 53.4 Å². The van der Waals surface area contributed by atoms with Crippen molar-refractivity contribution in [3.8, 4) is 0 Å². The van der Waals surface area contributed by atoms with Crippen LogP contribution in [0.2, 0.25) is 0 Å². The number of ketones is 1. The highest BCUT2D eigenvalue weighted by Gasteiger charge is 2.34. The summed E-state index contributed by atoms with van der Waals surface area (Å²) >= 11 is 0. The lowest BCUT2D eigenvalue weighted by atomic mass is 9.79. The average Bonchev–Trinajstić information content (AvgIpc) is 2.27. The van der Waals surface area contributed by atoms with Crippen LogP contribution in [0.3, 0.4) is 0 Å². The molecule has 0 aromatic rings. The van der Waals surface area contributed by atoms with E-state index < -0.39 is 0 Å². The predicted molar refractivity (Wildman–Crippen MR) is 66.5 cm³/mol. The van der Waals surface area contributed by atoms with Crippen molar-refractivity contribution in [2.45, 2.75) is 59.5 Å². The van der Waals surface area contributed by atoms with Gasteiger partial charge in [-0.25, -0.2) is 0 Å². The quantitative estimate of drug-likeness (QED) is 0.709. The maximum absolute atomic E-state index is 11.8. The minimum Gasteiger partial charge on any atom is -0.461 e. The van der Waals surface area contributed by atoms with E-state index in [9.17, 15) is 9.59 Å². The van der Waals surface area contributed by atoms with Gasteiger partial charge in [-0.15, -0.1) is 0 Å². The molecule has 3 heteroatoms. The molecule has 1 unspecified atom stereocenters. The lowest BCUT2D eigenvalue weighted by Gasteiger charge is -2.33. The van der Waals surface area contributed by atoms with Crippen molar-refractivity contribution in [2.75, 3.05) is 0 Å². The van der Waals surface area contributed by atoms with Gasteiger partial charge in [0.25, 0.3) is 0 Å². The number of carbonyl (C=O) groups excluding carboxylic acids is 2. The summed E-state index contributed by atoms with van der Waals surface area (Å²) in [5.74, 6) is 0.385. The Morgan fingerprint density at radius 1 is 1.35 bits per heavy atom. The van der Waals surface area contributed by atoms with Crippen LogP contribution in [0.4, 0.5) is 0 Å². The summed E-state index contributed by atoms with van der Waals surface area (Å²) in [6, 6.07) is 0. The first-order valence-electron chi connectivity index (χ1n) is 6.66. The molecule has 1 aliphatic rings. The molecule has 1 aliphatic carbocycles. The molecule has 0 spiro atoms. The Balaban J connectivity index is 2.63. The highest BCUT2D eigenvalue weighted by atomic mass is 16.5. The second-order valence-electron chi connectivity index (χ2n) is 5.42. The van der Waals surface area contributed by atoms with Crippen LogP contribution >= 0.6 is 0 Å². The third-order valence-electron chi connectivity index (χ3n) is 3.86. The Labute approximate surface area is 104 Å². The van der Waals surface area contributed by atoms with E-state index in [2.05, 4.69) is 6.92 Å². The van der Waals surface area contributed by atoms with Crippen LogP contribution < -0.4 is 0 Å². The van der Waals surface area contributed by atoms with Crippen LogP contribution in [-0.4, -0.2) is 17.9 Å². The van der Waals surface area contributed by atoms with E-state index in [4.69, 9.17) is 4.74 Å². The normalized spacial score (nSPS) is 30.7. The van der Waals surface area contributed by atoms with E-state index in [1.165, 1.54) is 0 Å². The van der Waals surface area contributed by atoms with E-state index in [-0.39, 0.29) is 29.7 Å². The minimum absolute atomic E-state index is 0.0696. The topological polar surface area (TPSA) is 43.4 Å². The molecule has 0 N–H and O–H groups in total. The SMILES string of the molecule is CCC(C)C(=O)O[C@@H]1C[C@H](C)CC[C@H]1C(C)=O. The largest absolute Gasteiger partial charge is 0.461 e. The smallest absolute Gasteiger partial charge is 0.308 e. The Morgan fingerprint density at radius 3 is 2.53 bits per heavy atom. The number of rotatable bonds is 4. The van der Waals surface area contributed by atoms with Gasteiger partial charge in [0.2, 0.25) is 0 Å². The van der Waals surface area contributed by atoms with Crippen molar-refractivity contribution >= 4 is 11.8 Å². The van der Waals surface area contributed by atoms with Gasteiger partial charge in [-0.2, -0.15) is 0 Å². The van der Waals surface area contributed by atoms with E-state index >= 15 is 0 Å². The van der Waals surface area contributed by atoms with Crippen LogP contribution in [-0.2, 0) is 14.3 Å². The zero-order valence-electron chi connectivity index (χ0n) is 11.4. The summed E-state index contributed by atoms with van der Waals surface area (Å²) in [6.07, 6.45) is 3.33. The molecule has 1 fully saturated rings.